The molecule has 1 saturated carbocycles. The minimum absolute atomic E-state index is 0.112. The lowest BCUT2D eigenvalue weighted by molar-refractivity contribution is 0.0923. The molecule has 0 bridgehead atoms. The molecule has 0 spiro atoms. The number of carbonyl (C=O) groups is 1. The number of nitrogens with one attached hydrogen (secondary N) is 1. The summed E-state index contributed by atoms with van der Waals surface area (Å²) in [7, 11) is 0. The van der Waals surface area contributed by atoms with Gasteiger partial charge < -0.3 is 5.32 Å². The van der Waals surface area contributed by atoms with Crippen LogP contribution in [0.3, 0.4) is 0 Å². The first-order chi connectivity index (χ1) is 12.2. The molecule has 0 atom stereocenters. The Morgan fingerprint density at radius 3 is 2.68 bits per heavy atom. The van der Waals surface area contributed by atoms with E-state index in [4.69, 9.17) is 0 Å². The van der Waals surface area contributed by atoms with Crippen LogP contribution in [-0.4, -0.2) is 21.3 Å². The van der Waals surface area contributed by atoms with Crippen LogP contribution in [0.25, 0.3) is 4.96 Å². The van der Waals surface area contributed by atoms with E-state index in [2.05, 4.69) is 34.6 Å². The van der Waals surface area contributed by atoms with Crippen molar-refractivity contribution in [1.82, 2.24) is 14.7 Å². The lowest BCUT2D eigenvalue weighted by Gasteiger charge is -2.29. The minimum Gasteiger partial charge on any atom is -0.349 e. The maximum absolute atomic E-state index is 12.5. The second-order valence-corrected chi connectivity index (χ2v) is 7.34. The number of amides is 1. The zero-order chi connectivity index (χ0) is 17.2. The molecule has 1 aromatic carbocycles. The van der Waals surface area contributed by atoms with E-state index in [9.17, 15) is 9.59 Å². The quantitative estimate of drug-likeness (QED) is 0.786. The summed E-state index contributed by atoms with van der Waals surface area (Å²) in [5, 5.41) is 4.80. The van der Waals surface area contributed by atoms with Crippen LogP contribution in [0.4, 0.5) is 0 Å². The third-order valence-electron chi connectivity index (χ3n) is 4.92. The minimum atomic E-state index is -0.318. The van der Waals surface area contributed by atoms with E-state index in [1.807, 2.05) is 6.07 Å². The Morgan fingerprint density at radius 1 is 1.16 bits per heavy atom. The molecule has 128 valence electrons. The Hall–Kier alpha value is -2.47. The van der Waals surface area contributed by atoms with Crippen molar-refractivity contribution in [2.75, 3.05) is 0 Å². The molecule has 1 amide bonds. The van der Waals surface area contributed by atoms with Crippen molar-refractivity contribution in [2.45, 2.75) is 37.6 Å². The van der Waals surface area contributed by atoms with Gasteiger partial charge in [0.05, 0.1) is 0 Å². The Bertz CT molecular complexity index is 940. The molecule has 1 aliphatic rings. The van der Waals surface area contributed by atoms with E-state index in [1.54, 1.807) is 11.6 Å². The van der Waals surface area contributed by atoms with E-state index in [0.717, 1.165) is 25.7 Å². The normalized spacial score (nSPS) is 20.5. The Morgan fingerprint density at radius 2 is 1.92 bits per heavy atom. The number of benzene rings is 1. The van der Waals surface area contributed by atoms with Crippen LogP contribution in [0.15, 0.2) is 52.9 Å². The van der Waals surface area contributed by atoms with Gasteiger partial charge >= 0.3 is 0 Å². The average molecular weight is 353 g/mol. The predicted octanol–water partition coefficient (Wildman–Crippen LogP) is 3.21. The second-order valence-electron chi connectivity index (χ2n) is 6.47. The lowest BCUT2D eigenvalue weighted by atomic mass is 9.82. The highest BCUT2D eigenvalue weighted by Gasteiger charge is 2.24. The van der Waals surface area contributed by atoms with Crippen molar-refractivity contribution in [3.8, 4) is 0 Å². The molecule has 0 radical (unpaired) electrons. The van der Waals surface area contributed by atoms with Gasteiger partial charge in [0.1, 0.15) is 5.56 Å². The highest BCUT2D eigenvalue weighted by molar-refractivity contribution is 7.15. The maximum atomic E-state index is 12.5. The molecule has 0 saturated heterocycles. The van der Waals surface area contributed by atoms with Crippen molar-refractivity contribution in [3.05, 3.63) is 69.6 Å². The van der Waals surface area contributed by atoms with Gasteiger partial charge in [0.2, 0.25) is 0 Å². The van der Waals surface area contributed by atoms with Crippen LogP contribution < -0.4 is 10.9 Å². The number of thiazole rings is 1. The predicted molar refractivity (Wildman–Crippen MR) is 98.2 cm³/mol. The Labute approximate surface area is 149 Å². The number of rotatable bonds is 3. The molecule has 1 fully saturated rings. The van der Waals surface area contributed by atoms with Crippen LogP contribution in [0, 0.1) is 0 Å². The molecule has 5 nitrogen and oxygen atoms in total. The van der Waals surface area contributed by atoms with E-state index >= 15 is 0 Å². The van der Waals surface area contributed by atoms with Crippen LogP contribution >= 0.6 is 11.3 Å². The first kappa shape index (κ1) is 16.0. The maximum Gasteiger partial charge on any atom is 0.271 e. The summed E-state index contributed by atoms with van der Waals surface area (Å²) in [5.74, 6) is 0.241. The van der Waals surface area contributed by atoms with Crippen LogP contribution in [0.2, 0.25) is 0 Å². The van der Waals surface area contributed by atoms with E-state index < -0.39 is 0 Å². The van der Waals surface area contributed by atoms with Crippen molar-refractivity contribution in [2.24, 2.45) is 0 Å². The molecule has 2 heterocycles. The van der Waals surface area contributed by atoms with Gasteiger partial charge in [0.15, 0.2) is 4.96 Å². The zero-order valence-electron chi connectivity index (χ0n) is 13.7. The molecule has 25 heavy (non-hydrogen) atoms. The molecule has 4 rings (SSSR count). The van der Waals surface area contributed by atoms with Crippen LogP contribution in [0.5, 0.6) is 0 Å². The van der Waals surface area contributed by atoms with E-state index in [-0.39, 0.29) is 23.1 Å². The number of nitrogens with zero attached hydrogens (tertiary/aromatic N) is 2. The summed E-state index contributed by atoms with van der Waals surface area (Å²) in [6.07, 6.45) is 7.00. The van der Waals surface area contributed by atoms with Crippen molar-refractivity contribution >= 4 is 22.2 Å². The first-order valence-electron chi connectivity index (χ1n) is 8.53. The van der Waals surface area contributed by atoms with Gasteiger partial charge in [-0.2, -0.15) is 0 Å². The molecule has 0 aliphatic heterocycles. The zero-order valence-corrected chi connectivity index (χ0v) is 14.5. The standard InChI is InChI=1S/C19H19N3O2S/c23-17(16-12-20-19-22(18(16)24)10-11-25-19)21-15-8-6-14(7-9-15)13-4-2-1-3-5-13/h1-5,10-12,14-15H,6-9H2,(H,21,23). The fraction of sp³-hybridized carbons (Fsp3) is 0.316. The van der Waals surface area contributed by atoms with Gasteiger partial charge in [0, 0.05) is 23.8 Å². The average Bonchev–Trinajstić information content (AvgIpc) is 3.13. The van der Waals surface area contributed by atoms with Gasteiger partial charge in [-0.25, -0.2) is 4.98 Å². The Balaban J connectivity index is 1.42. The van der Waals surface area contributed by atoms with Crippen LogP contribution in [0.1, 0.15) is 47.5 Å². The molecule has 6 heteroatoms. The number of fused-ring (bicyclic) bond motifs is 1. The highest BCUT2D eigenvalue weighted by Crippen LogP contribution is 2.32. The smallest absolute Gasteiger partial charge is 0.271 e. The molecule has 1 N–H and O–H groups in total. The van der Waals surface area contributed by atoms with Crippen LogP contribution in [-0.2, 0) is 0 Å². The summed E-state index contributed by atoms with van der Waals surface area (Å²) < 4.78 is 1.42. The first-order valence-corrected chi connectivity index (χ1v) is 9.41. The third-order valence-corrected chi connectivity index (χ3v) is 5.69. The SMILES string of the molecule is O=C(NC1CCC(c2ccccc2)CC1)c1cnc2sccn2c1=O. The third kappa shape index (κ3) is 3.22. The van der Waals surface area contributed by atoms with Crippen molar-refractivity contribution in [1.29, 1.82) is 0 Å². The number of carbonyl (C=O) groups excluding carboxylic acids is 1. The second kappa shape index (κ2) is 6.80. The molecular weight excluding hydrogens is 334 g/mol. The van der Waals surface area contributed by atoms with E-state index in [1.165, 1.54) is 27.5 Å². The van der Waals surface area contributed by atoms with Crippen molar-refractivity contribution in [3.63, 3.8) is 0 Å². The number of hydrogen-bond acceptors (Lipinski definition) is 4. The molecule has 2 aromatic heterocycles. The van der Waals surface area contributed by atoms with E-state index in [0.29, 0.717) is 10.9 Å². The fourth-order valence-corrected chi connectivity index (χ4v) is 4.22. The molecule has 1 aliphatic carbocycles. The molecule has 3 aromatic rings. The monoisotopic (exact) mass is 353 g/mol. The van der Waals surface area contributed by atoms with Gasteiger partial charge in [-0.1, -0.05) is 30.3 Å². The van der Waals surface area contributed by atoms with Gasteiger partial charge in [-0.05, 0) is 37.2 Å². The summed E-state index contributed by atoms with van der Waals surface area (Å²) in [6.45, 7) is 0. The summed E-state index contributed by atoms with van der Waals surface area (Å²) in [4.78, 5) is 29.7. The number of hydrogen-bond donors (Lipinski definition) is 1. The largest absolute Gasteiger partial charge is 0.349 e. The summed E-state index contributed by atoms with van der Waals surface area (Å²) >= 11 is 1.38. The number of aromatic nitrogens is 2. The molecular formula is C19H19N3O2S. The topological polar surface area (TPSA) is 63.5 Å². The molecule has 0 unspecified atom stereocenters. The summed E-state index contributed by atoms with van der Waals surface area (Å²) in [5.41, 5.74) is 1.18. The van der Waals surface area contributed by atoms with Crippen molar-refractivity contribution < 1.29 is 4.79 Å². The summed E-state index contributed by atoms with van der Waals surface area (Å²) in [6, 6.07) is 10.6. The van der Waals surface area contributed by atoms with Gasteiger partial charge in [-0.15, -0.1) is 11.3 Å². The van der Waals surface area contributed by atoms with Gasteiger partial charge in [0.25, 0.3) is 11.5 Å². The lowest BCUT2D eigenvalue weighted by Crippen LogP contribution is -2.40. The highest BCUT2D eigenvalue weighted by atomic mass is 32.1. The Kier molecular flexibility index (Phi) is 4.36. The van der Waals surface area contributed by atoms with Gasteiger partial charge in [-0.3, -0.25) is 14.0 Å². The fourth-order valence-electron chi connectivity index (χ4n) is 3.54.